The summed E-state index contributed by atoms with van der Waals surface area (Å²) in [4.78, 5) is 1.92. The van der Waals surface area contributed by atoms with Crippen LogP contribution in [0.1, 0.15) is 5.56 Å². The fourth-order valence-electron chi connectivity index (χ4n) is 2.77. The Morgan fingerprint density at radius 3 is 2.21 bits per heavy atom. The van der Waals surface area contributed by atoms with E-state index in [2.05, 4.69) is 4.90 Å². The molecule has 0 aliphatic carbocycles. The second-order valence-electron chi connectivity index (χ2n) is 5.74. The third-order valence-corrected chi connectivity index (χ3v) is 6.29. The molecule has 0 radical (unpaired) electrons. The maximum atomic E-state index is 13.8. The molecule has 0 bridgehead atoms. The summed E-state index contributed by atoms with van der Waals surface area (Å²) in [6.45, 7) is 2.66. The lowest BCUT2D eigenvalue weighted by Crippen LogP contribution is -2.48. The predicted octanol–water partition coefficient (Wildman–Crippen LogP) is 2.99. The molecule has 2 aromatic rings. The molecule has 3 rings (SSSR count). The van der Waals surface area contributed by atoms with Crippen LogP contribution < -0.4 is 0 Å². The van der Waals surface area contributed by atoms with Crippen LogP contribution in [0.25, 0.3) is 0 Å². The highest BCUT2D eigenvalue weighted by atomic mass is 35.5. The smallest absolute Gasteiger partial charge is 0.246 e. The van der Waals surface area contributed by atoms with E-state index in [0.717, 1.165) is 12.1 Å². The van der Waals surface area contributed by atoms with Gasteiger partial charge in [-0.3, -0.25) is 4.90 Å². The van der Waals surface area contributed by atoms with E-state index in [1.165, 1.54) is 28.6 Å². The zero-order chi connectivity index (χ0) is 17.2. The monoisotopic (exact) mass is 368 g/mol. The van der Waals surface area contributed by atoms with Crippen LogP contribution in [0.2, 0.25) is 5.02 Å². The molecule has 0 saturated carbocycles. The van der Waals surface area contributed by atoms with E-state index in [1.807, 2.05) is 24.3 Å². The Balaban J connectivity index is 1.64. The number of benzene rings is 2. The second-order valence-corrected chi connectivity index (χ2v) is 8.08. The maximum absolute atomic E-state index is 13.8. The van der Waals surface area contributed by atoms with Gasteiger partial charge in [-0.1, -0.05) is 35.9 Å². The molecule has 1 fully saturated rings. The maximum Gasteiger partial charge on any atom is 0.246 e. The number of nitrogens with zero attached hydrogens (tertiary/aromatic N) is 2. The van der Waals surface area contributed by atoms with Crippen LogP contribution in [0.4, 0.5) is 4.39 Å². The van der Waals surface area contributed by atoms with Crippen molar-refractivity contribution in [1.82, 2.24) is 9.21 Å². The topological polar surface area (TPSA) is 40.6 Å². The standard InChI is InChI=1S/C17H18ClFN2O2S/c18-15-7-5-14(6-8-15)13-20-9-11-21(12-10-20)24(22,23)17-4-2-1-3-16(17)19/h1-8H,9-13H2. The van der Waals surface area contributed by atoms with E-state index >= 15 is 0 Å². The first-order chi connectivity index (χ1) is 11.5. The largest absolute Gasteiger partial charge is 0.296 e. The summed E-state index contributed by atoms with van der Waals surface area (Å²) in [6, 6.07) is 13.1. The molecule has 0 amide bonds. The zero-order valence-electron chi connectivity index (χ0n) is 13.0. The van der Waals surface area contributed by atoms with E-state index in [1.54, 1.807) is 0 Å². The molecule has 1 aliphatic rings. The number of rotatable bonds is 4. The average Bonchev–Trinajstić information content (AvgIpc) is 2.58. The Morgan fingerprint density at radius 1 is 0.958 bits per heavy atom. The molecule has 0 atom stereocenters. The van der Waals surface area contributed by atoms with Crippen LogP contribution in [-0.4, -0.2) is 43.8 Å². The van der Waals surface area contributed by atoms with E-state index in [0.29, 0.717) is 31.2 Å². The quantitative estimate of drug-likeness (QED) is 0.833. The van der Waals surface area contributed by atoms with Crippen LogP contribution >= 0.6 is 11.6 Å². The first-order valence-electron chi connectivity index (χ1n) is 7.68. The Kier molecular flexibility index (Phi) is 5.20. The zero-order valence-corrected chi connectivity index (χ0v) is 14.6. The van der Waals surface area contributed by atoms with Crippen molar-refractivity contribution in [2.45, 2.75) is 11.4 Å². The summed E-state index contributed by atoms with van der Waals surface area (Å²) in [7, 11) is -3.78. The molecule has 0 N–H and O–H groups in total. The van der Waals surface area contributed by atoms with Gasteiger partial charge in [0.25, 0.3) is 0 Å². The van der Waals surface area contributed by atoms with Gasteiger partial charge in [-0.2, -0.15) is 4.31 Å². The number of piperazine rings is 1. The van der Waals surface area contributed by atoms with Crippen LogP contribution in [0, 0.1) is 5.82 Å². The molecule has 2 aromatic carbocycles. The molecular weight excluding hydrogens is 351 g/mol. The normalized spacial score (nSPS) is 17.1. The summed E-state index contributed by atoms with van der Waals surface area (Å²) in [5.74, 6) is -0.707. The van der Waals surface area contributed by atoms with Crippen molar-refractivity contribution in [2.75, 3.05) is 26.2 Å². The van der Waals surface area contributed by atoms with Gasteiger partial charge < -0.3 is 0 Å². The van der Waals surface area contributed by atoms with E-state index < -0.39 is 15.8 Å². The minimum absolute atomic E-state index is 0.254. The molecule has 1 aliphatic heterocycles. The summed E-state index contributed by atoms with van der Waals surface area (Å²) >= 11 is 5.88. The fourth-order valence-corrected chi connectivity index (χ4v) is 4.38. The van der Waals surface area contributed by atoms with Crippen molar-refractivity contribution >= 4 is 21.6 Å². The molecule has 0 unspecified atom stereocenters. The Bertz CT molecular complexity index is 804. The average molecular weight is 369 g/mol. The van der Waals surface area contributed by atoms with Gasteiger partial charge in [-0.25, -0.2) is 12.8 Å². The number of hydrogen-bond acceptors (Lipinski definition) is 3. The van der Waals surface area contributed by atoms with Crippen LogP contribution in [-0.2, 0) is 16.6 Å². The molecule has 0 spiro atoms. The molecule has 4 nitrogen and oxygen atoms in total. The summed E-state index contributed by atoms with van der Waals surface area (Å²) in [5, 5.41) is 0.694. The summed E-state index contributed by atoms with van der Waals surface area (Å²) < 4.78 is 40.3. The molecule has 1 heterocycles. The second kappa shape index (κ2) is 7.19. The summed E-state index contributed by atoms with van der Waals surface area (Å²) in [5.41, 5.74) is 1.13. The highest BCUT2D eigenvalue weighted by Gasteiger charge is 2.30. The van der Waals surface area contributed by atoms with Crippen molar-refractivity contribution in [3.05, 3.63) is 64.9 Å². The van der Waals surface area contributed by atoms with Gasteiger partial charge >= 0.3 is 0 Å². The number of halogens is 2. The minimum Gasteiger partial charge on any atom is -0.296 e. The van der Waals surface area contributed by atoms with Gasteiger partial charge in [-0.05, 0) is 29.8 Å². The molecule has 24 heavy (non-hydrogen) atoms. The Morgan fingerprint density at radius 2 is 1.58 bits per heavy atom. The van der Waals surface area contributed by atoms with Crippen molar-refractivity contribution in [3.8, 4) is 0 Å². The molecule has 0 aromatic heterocycles. The lowest BCUT2D eigenvalue weighted by molar-refractivity contribution is 0.181. The molecule has 128 valence electrons. The van der Waals surface area contributed by atoms with Crippen molar-refractivity contribution in [3.63, 3.8) is 0 Å². The van der Waals surface area contributed by atoms with Crippen LogP contribution in [0.3, 0.4) is 0 Å². The first kappa shape index (κ1) is 17.4. The molecular formula is C17H18ClFN2O2S. The number of sulfonamides is 1. The van der Waals surface area contributed by atoms with Gasteiger partial charge in [0.05, 0.1) is 0 Å². The van der Waals surface area contributed by atoms with Crippen LogP contribution in [0.15, 0.2) is 53.4 Å². The van der Waals surface area contributed by atoms with Crippen molar-refractivity contribution < 1.29 is 12.8 Å². The van der Waals surface area contributed by atoms with Gasteiger partial charge in [0.2, 0.25) is 10.0 Å². The lowest BCUT2D eigenvalue weighted by Gasteiger charge is -2.34. The summed E-state index contributed by atoms with van der Waals surface area (Å²) in [6.07, 6.45) is 0. The highest BCUT2D eigenvalue weighted by Crippen LogP contribution is 2.21. The van der Waals surface area contributed by atoms with Gasteiger partial charge in [0, 0.05) is 37.7 Å². The van der Waals surface area contributed by atoms with E-state index in [9.17, 15) is 12.8 Å². The first-order valence-corrected chi connectivity index (χ1v) is 9.50. The lowest BCUT2D eigenvalue weighted by atomic mass is 10.2. The molecule has 7 heteroatoms. The molecule has 1 saturated heterocycles. The predicted molar refractivity (Wildman–Crippen MR) is 91.9 cm³/mol. The SMILES string of the molecule is O=S(=O)(c1ccccc1F)N1CCN(Cc2ccc(Cl)cc2)CC1. The van der Waals surface area contributed by atoms with Gasteiger partial charge in [0.1, 0.15) is 10.7 Å². The van der Waals surface area contributed by atoms with Crippen LogP contribution in [0.5, 0.6) is 0 Å². The van der Waals surface area contributed by atoms with Crippen molar-refractivity contribution in [1.29, 1.82) is 0 Å². The van der Waals surface area contributed by atoms with E-state index in [-0.39, 0.29) is 4.90 Å². The Labute approximate surface area is 146 Å². The number of hydrogen-bond donors (Lipinski definition) is 0. The fraction of sp³-hybridized carbons (Fsp3) is 0.294. The Hall–Kier alpha value is -1.47. The van der Waals surface area contributed by atoms with Gasteiger partial charge in [-0.15, -0.1) is 0 Å². The van der Waals surface area contributed by atoms with Gasteiger partial charge in [0.15, 0.2) is 0 Å². The van der Waals surface area contributed by atoms with Crippen molar-refractivity contribution in [2.24, 2.45) is 0 Å². The minimum atomic E-state index is -3.78. The third kappa shape index (κ3) is 3.78. The highest BCUT2D eigenvalue weighted by molar-refractivity contribution is 7.89. The third-order valence-electron chi connectivity index (χ3n) is 4.11. The van der Waals surface area contributed by atoms with E-state index in [4.69, 9.17) is 11.6 Å².